The first-order valence-electron chi connectivity index (χ1n) is 8.09. The number of hydrogen-bond donors (Lipinski definition) is 1. The average molecular weight is 303 g/mol. The predicted molar refractivity (Wildman–Crippen MR) is 85.0 cm³/mol. The first-order valence-corrected chi connectivity index (χ1v) is 8.09. The number of carbonyl (C=O) groups excluding carboxylic acids is 2. The smallest absolute Gasteiger partial charge is 0.223 e. The normalized spacial score (nSPS) is 13.7. The molecule has 1 aromatic rings. The van der Waals surface area contributed by atoms with Gasteiger partial charge in [-0.3, -0.25) is 14.6 Å². The number of rotatable bonds is 9. The van der Waals surface area contributed by atoms with E-state index in [4.69, 9.17) is 0 Å². The van der Waals surface area contributed by atoms with Gasteiger partial charge in [-0.2, -0.15) is 0 Å². The molecular weight excluding hydrogens is 278 g/mol. The van der Waals surface area contributed by atoms with Gasteiger partial charge in [0.1, 0.15) is 0 Å². The van der Waals surface area contributed by atoms with Crippen molar-refractivity contribution >= 4 is 11.8 Å². The van der Waals surface area contributed by atoms with E-state index in [9.17, 15) is 9.59 Å². The molecule has 0 bridgehead atoms. The molecule has 120 valence electrons. The maximum Gasteiger partial charge on any atom is 0.223 e. The van der Waals surface area contributed by atoms with Crippen molar-refractivity contribution in [3.63, 3.8) is 0 Å². The Bertz CT molecular complexity index is 486. The molecule has 1 N–H and O–H groups in total. The largest absolute Gasteiger partial charge is 0.356 e. The van der Waals surface area contributed by atoms with Gasteiger partial charge in [0.25, 0.3) is 0 Å². The van der Waals surface area contributed by atoms with Crippen molar-refractivity contribution in [1.29, 1.82) is 0 Å². The zero-order valence-corrected chi connectivity index (χ0v) is 13.3. The molecule has 0 saturated heterocycles. The average Bonchev–Trinajstić information content (AvgIpc) is 3.33. The van der Waals surface area contributed by atoms with E-state index in [0.29, 0.717) is 25.6 Å². The van der Waals surface area contributed by atoms with Gasteiger partial charge in [-0.25, -0.2) is 0 Å². The first-order chi connectivity index (χ1) is 10.7. The van der Waals surface area contributed by atoms with Gasteiger partial charge in [0, 0.05) is 44.9 Å². The van der Waals surface area contributed by atoms with Crippen LogP contribution in [0.2, 0.25) is 0 Å². The van der Waals surface area contributed by atoms with Crippen LogP contribution in [0.3, 0.4) is 0 Å². The van der Waals surface area contributed by atoms with Crippen molar-refractivity contribution in [3.05, 3.63) is 30.1 Å². The molecule has 0 atom stereocenters. The lowest BCUT2D eigenvalue weighted by Gasteiger charge is -2.22. The van der Waals surface area contributed by atoms with Crippen LogP contribution in [0.1, 0.15) is 51.0 Å². The van der Waals surface area contributed by atoms with Crippen LogP contribution in [0.15, 0.2) is 24.5 Å². The lowest BCUT2D eigenvalue weighted by atomic mass is 10.1. The Balaban J connectivity index is 1.70. The summed E-state index contributed by atoms with van der Waals surface area (Å²) in [6.45, 7) is 2.92. The van der Waals surface area contributed by atoms with E-state index in [1.54, 1.807) is 12.4 Å². The lowest BCUT2D eigenvalue weighted by molar-refractivity contribution is -0.132. The second-order valence-corrected chi connectivity index (χ2v) is 5.90. The van der Waals surface area contributed by atoms with Crippen LogP contribution in [0.25, 0.3) is 0 Å². The van der Waals surface area contributed by atoms with Crippen LogP contribution in [0.5, 0.6) is 0 Å². The summed E-state index contributed by atoms with van der Waals surface area (Å²) in [5, 5.41) is 2.78. The molecule has 1 aromatic heterocycles. The third-order valence-corrected chi connectivity index (χ3v) is 3.85. The standard InChI is InChI=1S/C17H25N3O2/c1-14(21)19-10-4-2-3-5-17(22)20(16-6-7-16)13-15-8-11-18-12-9-15/h8-9,11-12,16H,2-7,10,13H2,1H3,(H,19,21). The molecule has 1 aliphatic rings. The van der Waals surface area contributed by atoms with Gasteiger partial charge in [-0.05, 0) is 43.4 Å². The summed E-state index contributed by atoms with van der Waals surface area (Å²) < 4.78 is 0. The van der Waals surface area contributed by atoms with Crippen LogP contribution in [-0.4, -0.2) is 34.3 Å². The van der Waals surface area contributed by atoms with Gasteiger partial charge in [0.2, 0.25) is 11.8 Å². The molecule has 0 aromatic carbocycles. The number of pyridine rings is 1. The Morgan fingerprint density at radius 2 is 1.95 bits per heavy atom. The van der Waals surface area contributed by atoms with Crippen LogP contribution in [0.4, 0.5) is 0 Å². The molecule has 1 aliphatic carbocycles. The number of aromatic nitrogens is 1. The third-order valence-electron chi connectivity index (χ3n) is 3.85. The Morgan fingerprint density at radius 1 is 1.23 bits per heavy atom. The predicted octanol–water partition coefficient (Wildman–Crippen LogP) is 2.27. The van der Waals surface area contributed by atoms with E-state index in [2.05, 4.69) is 10.3 Å². The molecule has 0 unspecified atom stereocenters. The lowest BCUT2D eigenvalue weighted by Crippen LogP contribution is -2.32. The summed E-state index contributed by atoms with van der Waals surface area (Å²) in [5.41, 5.74) is 1.14. The van der Waals surface area contributed by atoms with Gasteiger partial charge < -0.3 is 10.2 Å². The monoisotopic (exact) mass is 303 g/mol. The summed E-state index contributed by atoms with van der Waals surface area (Å²) in [5.74, 6) is 0.257. The maximum absolute atomic E-state index is 12.4. The molecular formula is C17H25N3O2. The topological polar surface area (TPSA) is 62.3 Å². The minimum atomic E-state index is 0.00772. The first kappa shape index (κ1) is 16.5. The number of nitrogens with zero attached hydrogens (tertiary/aromatic N) is 2. The zero-order chi connectivity index (χ0) is 15.8. The summed E-state index contributed by atoms with van der Waals surface area (Å²) >= 11 is 0. The number of hydrogen-bond acceptors (Lipinski definition) is 3. The van der Waals surface area contributed by atoms with E-state index < -0.39 is 0 Å². The van der Waals surface area contributed by atoms with E-state index in [-0.39, 0.29) is 11.8 Å². The van der Waals surface area contributed by atoms with Gasteiger partial charge >= 0.3 is 0 Å². The van der Waals surface area contributed by atoms with Crippen molar-refractivity contribution in [1.82, 2.24) is 15.2 Å². The van der Waals surface area contributed by atoms with Gasteiger partial charge in [0.05, 0.1) is 0 Å². The van der Waals surface area contributed by atoms with Gasteiger partial charge in [-0.15, -0.1) is 0 Å². The summed E-state index contributed by atoms with van der Waals surface area (Å²) in [4.78, 5) is 29.2. The highest BCUT2D eigenvalue weighted by molar-refractivity contribution is 5.76. The molecule has 1 fully saturated rings. The second-order valence-electron chi connectivity index (χ2n) is 5.90. The number of nitrogens with one attached hydrogen (secondary N) is 1. The number of unbranched alkanes of at least 4 members (excludes halogenated alkanes) is 2. The zero-order valence-electron chi connectivity index (χ0n) is 13.3. The molecule has 2 amide bonds. The highest BCUT2D eigenvalue weighted by Gasteiger charge is 2.31. The Morgan fingerprint density at radius 3 is 2.59 bits per heavy atom. The van der Waals surface area contributed by atoms with E-state index >= 15 is 0 Å². The maximum atomic E-state index is 12.4. The molecule has 1 saturated carbocycles. The Labute approximate surface area is 132 Å². The molecule has 0 aliphatic heterocycles. The molecule has 5 heteroatoms. The highest BCUT2D eigenvalue weighted by atomic mass is 16.2. The van der Waals surface area contributed by atoms with Crippen molar-refractivity contribution in [2.24, 2.45) is 0 Å². The summed E-state index contributed by atoms with van der Waals surface area (Å²) in [7, 11) is 0. The fraction of sp³-hybridized carbons (Fsp3) is 0.588. The number of amides is 2. The fourth-order valence-corrected chi connectivity index (χ4v) is 2.48. The van der Waals surface area contributed by atoms with E-state index in [1.165, 1.54) is 6.92 Å². The van der Waals surface area contributed by atoms with Crippen LogP contribution < -0.4 is 5.32 Å². The molecule has 5 nitrogen and oxygen atoms in total. The fourth-order valence-electron chi connectivity index (χ4n) is 2.48. The summed E-state index contributed by atoms with van der Waals surface area (Å²) in [6, 6.07) is 4.37. The second kappa shape index (κ2) is 8.51. The van der Waals surface area contributed by atoms with Crippen molar-refractivity contribution in [2.75, 3.05) is 6.54 Å². The van der Waals surface area contributed by atoms with Gasteiger partial charge in [0.15, 0.2) is 0 Å². The van der Waals surface area contributed by atoms with Crippen LogP contribution in [0, 0.1) is 0 Å². The quantitative estimate of drug-likeness (QED) is 0.712. The minimum Gasteiger partial charge on any atom is -0.356 e. The minimum absolute atomic E-state index is 0.00772. The Kier molecular flexibility index (Phi) is 6.37. The highest BCUT2D eigenvalue weighted by Crippen LogP contribution is 2.29. The summed E-state index contributed by atoms with van der Waals surface area (Å²) in [6.07, 6.45) is 9.18. The molecule has 22 heavy (non-hydrogen) atoms. The van der Waals surface area contributed by atoms with Crippen molar-refractivity contribution in [2.45, 2.75) is 58.0 Å². The molecule has 0 radical (unpaired) electrons. The van der Waals surface area contributed by atoms with Gasteiger partial charge in [-0.1, -0.05) is 6.42 Å². The SMILES string of the molecule is CC(=O)NCCCCCC(=O)N(Cc1ccncc1)C1CC1. The molecule has 1 heterocycles. The van der Waals surface area contributed by atoms with Crippen LogP contribution >= 0.6 is 0 Å². The molecule has 2 rings (SSSR count). The molecule has 0 spiro atoms. The third kappa shape index (κ3) is 5.84. The Hall–Kier alpha value is -1.91. The van der Waals surface area contributed by atoms with E-state index in [1.807, 2.05) is 17.0 Å². The number of carbonyl (C=O) groups is 2. The van der Waals surface area contributed by atoms with Crippen LogP contribution in [-0.2, 0) is 16.1 Å². The van der Waals surface area contributed by atoms with E-state index in [0.717, 1.165) is 37.7 Å². The van der Waals surface area contributed by atoms with Crippen molar-refractivity contribution < 1.29 is 9.59 Å². The van der Waals surface area contributed by atoms with Crippen molar-refractivity contribution in [3.8, 4) is 0 Å².